The molecule has 0 unspecified atom stereocenters. The van der Waals surface area contributed by atoms with E-state index < -0.39 is 35.1 Å². The summed E-state index contributed by atoms with van der Waals surface area (Å²) >= 11 is 0. The number of primary amides is 1. The van der Waals surface area contributed by atoms with Crippen LogP contribution in [0.2, 0.25) is 0 Å². The van der Waals surface area contributed by atoms with Gasteiger partial charge in [0.2, 0.25) is 0 Å². The number of halogens is 3. The largest absolute Gasteiger partial charge is 0.363 e. The monoisotopic (exact) mass is 443 g/mol. The number of anilines is 1. The molecule has 1 aromatic heterocycles. The number of urea groups is 1. The Morgan fingerprint density at radius 3 is 2.72 bits per heavy atom. The number of carbonyl (C=O) groups excluding carboxylic acids is 2. The second-order valence-electron chi connectivity index (χ2n) is 8.50. The molecule has 2 saturated carbocycles. The van der Waals surface area contributed by atoms with Crippen molar-refractivity contribution < 1.29 is 22.8 Å². The summed E-state index contributed by atoms with van der Waals surface area (Å²) in [6.45, 7) is -0.125. The Hall–Kier alpha value is -3.48. The quantitative estimate of drug-likeness (QED) is 0.619. The highest BCUT2D eigenvalue weighted by molar-refractivity contribution is 5.95. The van der Waals surface area contributed by atoms with E-state index in [1.165, 1.54) is 23.0 Å². The van der Waals surface area contributed by atoms with Crippen molar-refractivity contribution in [1.82, 2.24) is 14.9 Å². The molecule has 2 aliphatic carbocycles. The standard InChI is InChI=1S/C22H20F3N5O2/c23-16-10-15-17(9-13(16)11-30-8-7-27-19(30)18(26)31)28-20(32)29-21(15,6-5-12-1-2-12)22(24,25)14-3-4-14/h7-10,12,14H,1-4,11H2,(H2,26,31)(H2,28,29,32)/t21-/m0/s1. The highest BCUT2D eigenvalue weighted by Crippen LogP contribution is 2.54. The number of hydrogen-bond donors (Lipinski definition) is 3. The van der Waals surface area contributed by atoms with E-state index in [0.29, 0.717) is 12.8 Å². The Morgan fingerprint density at radius 1 is 1.31 bits per heavy atom. The first-order valence-electron chi connectivity index (χ1n) is 10.3. The van der Waals surface area contributed by atoms with Crippen molar-refractivity contribution in [1.29, 1.82) is 0 Å². The zero-order valence-electron chi connectivity index (χ0n) is 16.9. The van der Waals surface area contributed by atoms with Crippen LogP contribution in [0.5, 0.6) is 0 Å². The summed E-state index contributed by atoms with van der Waals surface area (Å²) in [5, 5.41) is 4.83. The maximum Gasteiger partial charge on any atom is 0.320 e. The van der Waals surface area contributed by atoms with Gasteiger partial charge in [0, 0.05) is 41.0 Å². The molecule has 2 heterocycles. The number of nitrogens with one attached hydrogen (secondary N) is 2. The number of amides is 3. The van der Waals surface area contributed by atoms with Crippen LogP contribution in [0.15, 0.2) is 24.5 Å². The van der Waals surface area contributed by atoms with Crippen LogP contribution in [0.3, 0.4) is 0 Å². The lowest BCUT2D eigenvalue weighted by atomic mass is 9.78. The van der Waals surface area contributed by atoms with Crippen molar-refractivity contribution in [2.75, 3.05) is 5.32 Å². The number of rotatable bonds is 5. The van der Waals surface area contributed by atoms with Gasteiger partial charge in [-0.15, -0.1) is 0 Å². The average Bonchev–Trinajstić information content (AvgIpc) is 3.65. The minimum atomic E-state index is -3.38. The van der Waals surface area contributed by atoms with E-state index in [9.17, 15) is 9.59 Å². The molecule has 1 aliphatic heterocycles. The predicted molar refractivity (Wildman–Crippen MR) is 108 cm³/mol. The molecule has 0 saturated heterocycles. The average molecular weight is 443 g/mol. The molecule has 0 bridgehead atoms. The summed E-state index contributed by atoms with van der Waals surface area (Å²) in [5.41, 5.74) is 2.98. The third-order valence-electron chi connectivity index (χ3n) is 6.05. The molecule has 10 heteroatoms. The lowest BCUT2D eigenvalue weighted by Crippen LogP contribution is -2.61. The van der Waals surface area contributed by atoms with Gasteiger partial charge in [-0.25, -0.2) is 22.9 Å². The maximum absolute atomic E-state index is 15.6. The summed E-state index contributed by atoms with van der Waals surface area (Å²) in [4.78, 5) is 27.8. The first-order valence-corrected chi connectivity index (χ1v) is 10.3. The lowest BCUT2D eigenvalue weighted by Gasteiger charge is -2.41. The van der Waals surface area contributed by atoms with E-state index >= 15 is 13.2 Å². The zero-order chi connectivity index (χ0) is 22.7. The van der Waals surface area contributed by atoms with Gasteiger partial charge < -0.3 is 20.9 Å². The number of imidazole rings is 1. The second-order valence-corrected chi connectivity index (χ2v) is 8.50. The molecule has 7 nitrogen and oxygen atoms in total. The van der Waals surface area contributed by atoms with Crippen LogP contribution in [-0.2, 0) is 12.1 Å². The zero-order valence-corrected chi connectivity index (χ0v) is 16.9. The number of hydrogen-bond acceptors (Lipinski definition) is 3. The molecular weight excluding hydrogens is 423 g/mol. The van der Waals surface area contributed by atoms with Crippen LogP contribution in [0, 0.1) is 29.5 Å². The second kappa shape index (κ2) is 7.02. The van der Waals surface area contributed by atoms with Crippen molar-refractivity contribution in [3.8, 4) is 11.8 Å². The van der Waals surface area contributed by atoms with Gasteiger partial charge in [0.05, 0.1) is 6.54 Å². The molecule has 1 aromatic carbocycles. The molecule has 0 spiro atoms. The summed E-state index contributed by atoms with van der Waals surface area (Å²) in [6, 6.07) is 1.46. The number of nitrogens with zero attached hydrogens (tertiary/aromatic N) is 2. The molecule has 32 heavy (non-hydrogen) atoms. The topological polar surface area (TPSA) is 102 Å². The number of aromatic nitrogens is 2. The third kappa shape index (κ3) is 3.28. The maximum atomic E-state index is 15.6. The molecule has 2 aromatic rings. The number of fused-ring (bicyclic) bond motifs is 1. The molecule has 3 aliphatic rings. The Kier molecular flexibility index (Phi) is 4.48. The van der Waals surface area contributed by atoms with Crippen molar-refractivity contribution in [2.45, 2.75) is 43.7 Å². The van der Waals surface area contributed by atoms with E-state index in [1.54, 1.807) is 0 Å². The minimum absolute atomic E-state index is 0.00898. The van der Waals surface area contributed by atoms with Crippen molar-refractivity contribution in [3.63, 3.8) is 0 Å². The SMILES string of the molecule is NC(=O)c1nccn1Cc1cc2c(cc1F)[C@@](C#CC1CC1)(C(F)(F)C1CC1)NC(=O)N2. The van der Waals surface area contributed by atoms with Crippen LogP contribution in [0.25, 0.3) is 0 Å². The normalized spacial score (nSPS) is 22.3. The van der Waals surface area contributed by atoms with Gasteiger partial charge >= 0.3 is 6.03 Å². The fourth-order valence-corrected chi connectivity index (χ4v) is 4.02. The molecule has 3 amide bonds. The Morgan fingerprint density at radius 2 is 2.06 bits per heavy atom. The van der Waals surface area contributed by atoms with E-state index in [1.807, 2.05) is 0 Å². The van der Waals surface area contributed by atoms with Gasteiger partial charge in [0.25, 0.3) is 11.8 Å². The molecule has 1 atom stereocenters. The van der Waals surface area contributed by atoms with Gasteiger partial charge in [-0.05, 0) is 37.8 Å². The number of carbonyl (C=O) groups is 2. The fourth-order valence-electron chi connectivity index (χ4n) is 4.02. The minimum Gasteiger partial charge on any atom is -0.363 e. The van der Waals surface area contributed by atoms with Crippen LogP contribution >= 0.6 is 0 Å². The fraction of sp³-hybridized carbons (Fsp3) is 0.409. The Labute approximate surface area is 181 Å². The van der Waals surface area contributed by atoms with E-state index in [2.05, 4.69) is 27.5 Å². The molecular formula is C22H20F3N5O2. The first kappa shape index (κ1) is 20.4. The van der Waals surface area contributed by atoms with Gasteiger partial charge in [-0.3, -0.25) is 4.79 Å². The summed E-state index contributed by atoms with van der Waals surface area (Å²) in [7, 11) is 0. The van der Waals surface area contributed by atoms with Crippen molar-refractivity contribution in [3.05, 3.63) is 47.3 Å². The van der Waals surface area contributed by atoms with E-state index in [-0.39, 0.29) is 35.1 Å². The van der Waals surface area contributed by atoms with Gasteiger partial charge in [-0.2, -0.15) is 0 Å². The van der Waals surface area contributed by atoms with E-state index in [4.69, 9.17) is 5.73 Å². The summed E-state index contributed by atoms with van der Waals surface area (Å²) in [5.74, 6) is -0.435. The highest BCUT2D eigenvalue weighted by atomic mass is 19.3. The molecule has 166 valence electrons. The first-order chi connectivity index (χ1) is 15.2. The number of alkyl halides is 2. The van der Waals surface area contributed by atoms with E-state index in [0.717, 1.165) is 18.9 Å². The highest BCUT2D eigenvalue weighted by Gasteiger charge is 2.64. The van der Waals surface area contributed by atoms with Crippen LogP contribution < -0.4 is 16.4 Å². The van der Waals surface area contributed by atoms with Crippen LogP contribution in [-0.4, -0.2) is 27.4 Å². The van der Waals surface area contributed by atoms with Gasteiger partial charge in [-0.1, -0.05) is 11.8 Å². The number of benzene rings is 1. The Bertz CT molecular complexity index is 1190. The third-order valence-corrected chi connectivity index (χ3v) is 6.05. The Balaban J connectivity index is 1.62. The number of nitrogens with two attached hydrogens (primary N) is 1. The van der Waals surface area contributed by atoms with Crippen molar-refractivity contribution >= 4 is 17.6 Å². The molecule has 5 rings (SSSR count). The summed E-state index contributed by atoms with van der Waals surface area (Å²) in [6.07, 6.45) is 5.06. The molecule has 0 radical (unpaired) electrons. The van der Waals surface area contributed by atoms with Crippen LogP contribution in [0.4, 0.5) is 23.7 Å². The van der Waals surface area contributed by atoms with Gasteiger partial charge in [0.1, 0.15) is 5.82 Å². The summed E-state index contributed by atoms with van der Waals surface area (Å²) < 4.78 is 47.8. The van der Waals surface area contributed by atoms with Crippen LogP contribution in [0.1, 0.15) is 47.4 Å². The molecule has 2 fully saturated rings. The lowest BCUT2D eigenvalue weighted by molar-refractivity contribution is -0.0847. The molecule has 4 N–H and O–H groups in total. The van der Waals surface area contributed by atoms with Crippen molar-refractivity contribution in [2.24, 2.45) is 17.6 Å². The predicted octanol–water partition coefficient (Wildman–Crippen LogP) is 2.96. The smallest absolute Gasteiger partial charge is 0.320 e. The van der Waals surface area contributed by atoms with Gasteiger partial charge in [0.15, 0.2) is 11.4 Å².